The van der Waals surface area contributed by atoms with E-state index in [4.69, 9.17) is 0 Å². The second-order valence-electron chi connectivity index (χ2n) is 5.37. The molecule has 0 bridgehead atoms. The number of hydrogen-bond acceptors (Lipinski definition) is 4. The summed E-state index contributed by atoms with van der Waals surface area (Å²) in [5, 5.41) is 0. The van der Waals surface area contributed by atoms with Crippen molar-refractivity contribution in [3.05, 3.63) is 29.6 Å². The molecule has 0 N–H and O–H groups in total. The highest BCUT2D eigenvalue weighted by Crippen LogP contribution is 2.30. The molecule has 1 aliphatic heterocycles. The molecule has 1 unspecified atom stereocenters. The van der Waals surface area contributed by atoms with Crippen molar-refractivity contribution in [2.45, 2.75) is 13.1 Å². The zero-order chi connectivity index (χ0) is 16.5. The Balaban J connectivity index is 2.33. The maximum atomic E-state index is 12.9. The number of alkyl halides is 3. The summed E-state index contributed by atoms with van der Waals surface area (Å²) < 4.78 is 62.1. The largest absolute Gasteiger partial charge is 0.434 e. The normalized spacial score (nSPS) is 22.2. The number of hydrogen-bond donors (Lipinski definition) is 0. The van der Waals surface area contributed by atoms with Gasteiger partial charge in [0, 0.05) is 19.3 Å². The SMILES string of the molecule is CC1CN(C(=O)c2cccnc2C(F)(F)F)CCS(=O)(=O)C1. The number of rotatable bonds is 1. The molecule has 9 heteroatoms. The molecular weight excluding hydrogens is 321 g/mol. The lowest BCUT2D eigenvalue weighted by molar-refractivity contribution is -0.141. The van der Waals surface area contributed by atoms with E-state index >= 15 is 0 Å². The van der Waals surface area contributed by atoms with Crippen LogP contribution in [0.2, 0.25) is 0 Å². The van der Waals surface area contributed by atoms with Gasteiger partial charge in [-0.2, -0.15) is 13.2 Å². The van der Waals surface area contributed by atoms with E-state index in [9.17, 15) is 26.4 Å². The van der Waals surface area contributed by atoms with Gasteiger partial charge >= 0.3 is 6.18 Å². The summed E-state index contributed by atoms with van der Waals surface area (Å²) in [5.74, 6) is -1.49. The third kappa shape index (κ3) is 3.76. The van der Waals surface area contributed by atoms with Crippen molar-refractivity contribution in [2.75, 3.05) is 24.6 Å². The van der Waals surface area contributed by atoms with Crippen molar-refractivity contribution in [1.82, 2.24) is 9.88 Å². The Morgan fingerprint density at radius 3 is 2.73 bits per heavy atom. The fraction of sp³-hybridized carbons (Fsp3) is 0.538. The van der Waals surface area contributed by atoms with Crippen LogP contribution in [0, 0.1) is 5.92 Å². The van der Waals surface area contributed by atoms with E-state index in [1.807, 2.05) is 0 Å². The standard InChI is InChI=1S/C13H15F3N2O3S/c1-9-7-18(5-6-22(20,21)8-9)12(19)10-3-2-4-17-11(10)13(14,15)16/h2-4,9H,5-8H2,1H3. The average molecular weight is 336 g/mol. The minimum absolute atomic E-state index is 0.0735. The van der Waals surface area contributed by atoms with Crippen LogP contribution in [0.3, 0.4) is 0 Å². The van der Waals surface area contributed by atoms with Crippen LogP contribution >= 0.6 is 0 Å². The van der Waals surface area contributed by atoms with E-state index in [2.05, 4.69) is 4.98 Å². The number of sulfone groups is 1. The van der Waals surface area contributed by atoms with Crippen molar-refractivity contribution in [2.24, 2.45) is 5.92 Å². The first kappa shape index (κ1) is 16.7. The molecule has 1 fully saturated rings. The maximum absolute atomic E-state index is 12.9. The summed E-state index contributed by atoms with van der Waals surface area (Å²) in [5.41, 5.74) is -1.80. The molecule has 0 spiro atoms. The summed E-state index contributed by atoms with van der Waals surface area (Å²) >= 11 is 0. The van der Waals surface area contributed by atoms with E-state index < -0.39 is 33.2 Å². The smallest absolute Gasteiger partial charge is 0.337 e. The summed E-state index contributed by atoms with van der Waals surface area (Å²) in [6.07, 6.45) is -3.77. The lowest BCUT2D eigenvalue weighted by atomic mass is 10.1. The quantitative estimate of drug-likeness (QED) is 0.781. The minimum atomic E-state index is -4.74. The van der Waals surface area contributed by atoms with E-state index in [1.54, 1.807) is 6.92 Å². The van der Waals surface area contributed by atoms with Crippen LogP contribution in [0.5, 0.6) is 0 Å². The Labute approximate surface area is 126 Å². The van der Waals surface area contributed by atoms with Gasteiger partial charge in [0.25, 0.3) is 5.91 Å². The molecule has 0 aromatic carbocycles. The zero-order valence-corrected chi connectivity index (χ0v) is 12.6. The Kier molecular flexibility index (Phi) is 4.46. The average Bonchev–Trinajstić information content (AvgIpc) is 2.54. The monoisotopic (exact) mass is 336 g/mol. The van der Waals surface area contributed by atoms with Gasteiger partial charge in [-0.3, -0.25) is 9.78 Å². The second-order valence-corrected chi connectivity index (χ2v) is 7.60. The molecule has 1 aromatic heterocycles. The number of nitrogens with zero attached hydrogens (tertiary/aromatic N) is 2. The first-order valence-electron chi connectivity index (χ1n) is 6.62. The molecule has 0 saturated carbocycles. The van der Waals surface area contributed by atoms with Crippen LogP contribution < -0.4 is 0 Å². The summed E-state index contributed by atoms with van der Waals surface area (Å²) in [6.45, 7) is 1.64. The van der Waals surface area contributed by atoms with Gasteiger partial charge < -0.3 is 4.90 Å². The lowest BCUT2D eigenvalue weighted by Gasteiger charge is -2.23. The molecule has 2 heterocycles. The fourth-order valence-electron chi connectivity index (χ4n) is 2.44. The topological polar surface area (TPSA) is 67.3 Å². The van der Waals surface area contributed by atoms with E-state index in [1.165, 1.54) is 6.07 Å². The molecule has 1 aromatic rings. The third-order valence-electron chi connectivity index (χ3n) is 3.34. The van der Waals surface area contributed by atoms with Crippen molar-refractivity contribution in [3.8, 4) is 0 Å². The predicted molar refractivity (Wildman–Crippen MR) is 73.0 cm³/mol. The van der Waals surface area contributed by atoms with Gasteiger partial charge in [0.15, 0.2) is 15.5 Å². The van der Waals surface area contributed by atoms with Crippen molar-refractivity contribution in [3.63, 3.8) is 0 Å². The molecule has 0 radical (unpaired) electrons. The Morgan fingerprint density at radius 1 is 1.41 bits per heavy atom. The number of aromatic nitrogens is 1. The molecule has 1 atom stereocenters. The molecule has 2 rings (SSSR count). The molecule has 1 amide bonds. The lowest BCUT2D eigenvalue weighted by Crippen LogP contribution is -2.36. The van der Waals surface area contributed by atoms with Gasteiger partial charge in [0.1, 0.15) is 0 Å². The second kappa shape index (κ2) is 5.86. The number of carbonyl (C=O) groups excluding carboxylic acids is 1. The minimum Gasteiger partial charge on any atom is -0.337 e. The summed E-state index contributed by atoms with van der Waals surface area (Å²) in [7, 11) is -3.29. The van der Waals surface area contributed by atoms with Crippen LogP contribution in [0.1, 0.15) is 23.0 Å². The number of halogens is 3. The maximum Gasteiger partial charge on any atom is 0.434 e. The van der Waals surface area contributed by atoms with Gasteiger partial charge in [-0.05, 0) is 18.1 Å². The molecule has 5 nitrogen and oxygen atoms in total. The van der Waals surface area contributed by atoms with E-state index in [0.717, 1.165) is 17.2 Å². The Bertz CT molecular complexity index is 673. The highest BCUT2D eigenvalue weighted by atomic mass is 32.2. The van der Waals surface area contributed by atoms with Gasteiger partial charge in [-0.15, -0.1) is 0 Å². The van der Waals surface area contributed by atoms with E-state index in [-0.39, 0.29) is 30.5 Å². The zero-order valence-electron chi connectivity index (χ0n) is 11.8. The van der Waals surface area contributed by atoms with Gasteiger partial charge in [-0.25, -0.2) is 8.42 Å². The van der Waals surface area contributed by atoms with Crippen LogP contribution in [0.15, 0.2) is 18.3 Å². The number of pyridine rings is 1. The van der Waals surface area contributed by atoms with Gasteiger partial charge in [0.05, 0.1) is 17.1 Å². The van der Waals surface area contributed by atoms with E-state index in [0.29, 0.717) is 0 Å². The summed E-state index contributed by atoms with van der Waals surface area (Å²) in [6, 6.07) is 2.31. The predicted octanol–water partition coefficient (Wildman–Crippen LogP) is 1.61. The highest BCUT2D eigenvalue weighted by molar-refractivity contribution is 7.91. The third-order valence-corrected chi connectivity index (χ3v) is 5.22. The molecular formula is C13H15F3N2O3S. The van der Waals surface area contributed by atoms with Crippen molar-refractivity contribution < 1.29 is 26.4 Å². The number of carbonyl (C=O) groups is 1. The highest BCUT2D eigenvalue weighted by Gasteiger charge is 2.38. The molecule has 1 saturated heterocycles. The molecule has 22 heavy (non-hydrogen) atoms. The van der Waals surface area contributed by atoms with Crippen LogP contribution in [-0.2, 0) is 16.0 Å². The van der Waals surface area contributed by atoms with Gasteiger partial charge in [-0.1, -0.05) is 6.92 Å². The Morgan fingerprint density at radius 2 is 2.09 bits per heavy atom. The molecule has 0 aliphatic carbocycles. The first-order valence-corrected chi connectivity index (χ1v) is 8.44. The van der Waals surface area contributed by atoms with Crippen molar-refractivity contribution >= 4 is 15.7 Å². The van der Waals surface area contributed by atoms with Crippen LogP contribution in [0.25, 0.3) is 0 Å². The Hall–Kier alpha value is -1.64. The summed E-state index contributed by atoms with van der Waals surface area (Å²) in [4.78, 5) is 16.8. The van der Waals surface area contributed by atoms with Crippen LogP contribution in [-0.4, -0.2) is 48.8 Å². The van der Waals surface area contributed by atoms with Gasteiger partial charge in [0.2, 0.25) is 0 Å². The molecule has 122 valence electrons. The number of amides is 1. The first-order chi connectivity index (χ1) is 10.1. The van der Waals surface area contributed by atoms with Crippen LogP contribution in [0.4, 0.5) is 13.2 Å². The molecule has 1 aliphatic rings. The van der Waals surface area contributed by atoms with Crippen molar-refractivity contribution in [1.29, 1.82) is 0 Å². The fourth-order valence-corrected chi connectivity index (χ4v) is 4.08.